The number of hydrogen-bond acceptors (Lipinski definition) is 11. The molecule has 1 aromatic heterocycles. The first-order valence-electron chi connectivity index (χ1n) is 13.0. The summed E-state index contributed by atoms with van der Waals surface area (Å²) in [5, 5.41) is 10.9. The van der Waals surface area contributed by atoms with E-state index in [1.807, 2.05) is 0 Å². The van der Waals surface area contributed by atoms with Crippen LogP contribution < -0.4 is 15.8 Å². The Morgan fingerprint density at radius 1 is 1.09 bits per heavy atom. The van der Waals surface area contributed by atoms with Gasteiger partial charge in [-0.3, -0.25) is 9.59 Å². The molecular formula is C28H30ClF2N3O8S2. The maximum Gasteiger partial charge on any atom is 0.340 e. The summed E-state index contributed by atoms with van der Waals surface area (Å²) in [5.74, 6) is -2.94. The number of ether oxygens (including phenoxy) is 2. The average molecular weight is 674 g/mol. The predicted molar refractivity (Wildman–Crippen MR) is 160 cm³/mol. The normalized spacial score (nSPS) is 12.8. The molecule has 2 aromatic carbocycles. The lowest BCUT2D eigenvalue weighted by atomic mass is 10.0. The molecule has 0 aliphatic carbocycles. The number of primary sulfonamides is 1. The Morgan fingerprint density at radius 2 is 1.80 bits per heavy atom. The van der Waals surface area contributed by atoms with Crippen LogP contribution in [0.3, 0.4) is 0 Å². The standard InChI is InChI=1S/C28H30ClF2N3O8S2/c1-16(34-17(2)27(36)18-8-19(30)10-20(31)9-18)14-42-26(35)15-43-7-6-41-28(37)22-11-25(44(32,38)39)23(29)12-24(22)33-13-21-4-3-5-40-21/h3-5,8-12,16-17,33-34H,6-7,13-15H2,1-2H3,(H2,32,38,39). The van der Waals surface area contributed by atoms with Crippen molar-refractivity contribution in [1.29, 1.82) is 0 Å². The molecule has 16 heteroatoms. The molecule has 3 aromatic rings. The Bertz CT molecular complexity index is 1570. The maximum atomic E-state index is 13.4. The van der Waals surface area contributed by atoms with Crippen molar-refractivity contribution in [2.24, 2.45) is 5.14 Å². The molecule has 2 unspecified atom stereocenters. The van der Waals surface area contributed by atoms with Gasteiger partial charge in [-0.25, -0.2) is 27.1 Å². The fraction of sp³-hybridized carbons (Fsp3) is 0.321. The second-order valence-electron chi connectivity index (χ2n) is 9.49. The number of halogens is 3. The smallest absolute Gasteiger partial charge is 0.340 e. The lowest BCUT2D eigenvalue weighted by Gasteiger charge is -2.19. The molecule has 3 rings (SSSR count). The molecule has 238 valence electrons. The zero-order valence-electron chi connectivity index (χ0n) is 23.6. The van der Waals surface area contributed by atoms with Crippen molar-refractivity contribution in [3.63, 3.8) is 0 Å². The molecule has 0 saturated carbocycles. The van der Waals surface area contributed by atoms with Gasteiger partial charge in [0.25, 0.3) is 0 Å². The summed E-state index contributed by atoms with van der Waals surface area (Å²) < 4.78 is 66.4. The van der Waals surface area contributed by atoms with Crippen LogP contribution in [-0.2, 0) is 30.8 Å². The Morgan fingerprint density at radius 3 is 2.43 bits per heavy atom. The number of benzene rings is 2. The number of Topliss-reactive ketones (excluding diaryl/α,β-unsaturated/α-hetero) is 1. The van der Waals surface area contributed by atoms with E-state index in [9.17, 15) is 31.6 Å². The SMILES string of the molecule is CC(COC(=O)CSCCOC(=O)c1cc(S(N)(=O)=O)c(Cl)cc1NCc1ccco1)NC(C)C(=O)c1cc(F)cc(F)c1. The molecule has 4 N–H and O–H groups in total. The minimum Gasteiger partial charge on any atom is -0.467 e. The van der Waals surface area contributed by atoms with E-state index >= 15 is 0 Å². The van der Waals surface area contributed by atoms with E-state index in [2.05, 4.69) is 10.6 Å². The summed E-state index contributed by atoms with van der Waals surface area (Å²) in [6.45, 7) is 3.19. The summed E-state index contributed by atoms with van der Waals surface area (Å²) >= 11 is 7.21. The van der Waals surface area contributed by atoms with Crippen molar-refractivity contribution in [1.82, 2.24) is 5.32 Å². The summed E-state index contributed by atoms with van der Waals surface area (Å²) in [5.41, 5.74) is -0.0425. The van der Waals surface area contributed by atoms with Crippen molar-refractivity contribution in [2.45, 2.75) is 37.4 Å². The zero-order chi connectivity index (χ0) is 32.4. The maximum absolute atomic E-state index is 13.4. The zero-order valence-corrected chi connectivity index (χ0v) is 26.0. The quantitative estimate of drug-likeness (QED) is 0.114. The highest BCUT2D eigenvalue weighted by atomic mass is 35.5. The summed E-state index contributed by atoms with van der Waals surface area (Å²) in [6.07, 6.45) is 1.47. The molecule has 1 heterocycles. The number of sulfonamides is 1. The molecule has 0 aliphatic heterocycles. The number of ketones is 1. The molecule has 2 atom stereocenters. The van der Waals surface area contributed by atoms with Crippen LogP contribution in [0.2, 0.25) is 5.02 Å². The van der Waals surface area contributed by atoms with Crippen LogP contribution in [0.5, 0.6) is 0 Å². The predicted octanol–water partition coefficient (Wildman–Crippen LogP) is 4.15. The average Bonchev–Trinajstić information content (AvgIpc) is 3.47. The van der Waals surface area contributed by atoms with E-state index in [-0.39, 0.29) is 53.1 Å². The second-order valence-corrected chi connectivity index (χ2v) is 12.5. The molecule has 0 amide bonds. The van der Waals surface area contributed by atoms with Crippen LogP contribution in [0.1, 0.15) is 40.3 Å². The van der Waals surface area contributed by atoms with Gasteiger partial charge in [-0.15, -0.1) is 11.8 Å². The number of anilines is 1. The number of thioether (sulfide) groups is 1. The van der Waals surface area contributed by atoms with Crippen LogP contribution in [0.4, 0.5) is 14.5 Å². The number of esters is 2. The summed E-state index contributed by atoms with van der Waals surface area (Å²) in [7, 11) is -4.23. The van der Waals surface area contributed by atoms with E-state index < -0.39 is 56.4 Å². The van der Waals surface area contributed by atoms with Crippen LogP contribution in [0.15, 0.2) is 58.0 Å². The number of carbonyl (C=O) groups is 3. The highest BCUT2D eigenvalue weighted by Gasteiger charge is 2.22. The Hall–Kier alpha value is -3.50. The number of carbonyl (C=O) groups excluding carboxylic acids is 3. The lowest BCUT2D eigenvalue weighted by Crippen LogP contribution is -2.42. The van der Waals surface area contributed by atoms with Crippen LogP contribution in [0.25, 0.3) is 0 Å². The Kier molecular flexibility index (Phi) is 12.7. The topological polar surface area (TPSA) is 167 Å². The van der Waals surface area contributed by atoms with E-state index in [1.54, 1.807) is 19.1 Å². The third-order valence-corrected chi connectivity index (χ3v) is 8.15. The highest BCUT2D eigenvalue weighted by Crippen LogP contribution is 2.29. The monoisotopic (exact) mass is 673 g/mol. The van der Waals surface area contributed by atoms with E-state index in [0.717, 1.165) is 30.0 Å². The minimum absolute atomic E-state index is 0.0617. The van der Waals surface area contributed by atoms with Gasteiger partial charge in [0.15, 0.2) is 5.78 Å². The third kappa shape index (κ3) is 10.6. The number of rotatable bonds is 16. The van der Waals surface area contributed by atoms with E-state index in [1.165, 1.54) is 19.3 Å². The lowest BCUT2D eigenvalue weighted by molar-refractivity contribution is -0.141. The van der Waals surface area contributed by atoms with Crippen molar-refractivity contribution in [3.05, 3.63) is 82.3 Å². The van der Waals surface area contributed by atoms with Gasteiger partial charge in [-0.05, 0) is 50.2 Å². The minimum atomic E-state index is -4.23. The van der Waals surface area contributed by atoms with E-state index in [4.69, 9.17) is 30.6 Å². The molecule has 44 heavy (non-hydrogen) atoms. The fourth-order valence-corrected chi connectivity index (χ4v) is 5.56. The number of furan rings is 1. The Balaban J connectivity index is 1.44. The Labute approximate surface area is 261 Å². The first-order chi connectivity index (χ1) is 20.7. The van der Waals surface area contributed by atoms with Crippen molar-refractivity contribution in [3.8, 4) is 0 Å². The van der Waals surface area contributed by atoms with Gasteiger partial charge in [-0.1, -0.05) is 11.6 Å². The van der Waals surface area contributed by atoms with Crippen molar-refractivity contribution >= 4 is 56.8 Å². The number of hydrogen-bond donors (Lipinski definition) is 3. The highest BCUT2D eigenvalue weighted by molar-refractivity contribution is 7.99. The summed E-state index contributed by atoms with van der Waals surface area (Å²) in [4.78, 5) is 37.0. The molecule has 0 spiro atoms. The first-order valence-corrected chi connectivity index (χ1v) is 16.1. The van der Waals surface area contributed by atoms with Crippen LogP contribution in [-0.4, -0.2) is 62.9 Å². The number of nitrogens with one attached hydrogen (secondary N) is 2. The van der Waals surface area contributed by atoms with Crippen LogP contribution >= 0.6 is 23.4 Å². The van der Waals surface area contributed by atoms with Gasteiger partial charge in [0.2, 0.25) is 10.0 Å². The van der Waals surface area contributed by atoms with Gasteiger partial charge in [0.05, 0.1) is 40.9 Å². The van der Waals surface area contributed by atoms with Gasteiger partial charge in [-0.2, -0.15) is 0 Å². The third-order valence-electron chi connectivity index (χ3n) is 5.88. The fourth-order valence-electron chi connectivity index (χ4n) is 3.86. The van der Waals surface area contributed by atoms with Gasteiger partial charge in [0, 0.05) is 23.4 Å². The molecular weight excluding hydrogens is 644 g/mol. The van der Waals surface area contributed by atoms with Gasteiger partial charge >= 0.3 is 11.9 Å². The van der Waals surface area contributed by atoms with Gasteiger partial charge < -0.3 is 24.5 Å². The van der Waals surface area contributed by atoms with E-state index in [0.29, 0.717) is 11.8 Å². The summed E-state index contributed by atoms with van der Waals surface area (Å²) in [6, 6.07) is 6.97. The van der Waals surface area contributed by atoms with Crippen molar-refractivity contribution < 1.29 is 45.5 Å². The number of nitrogens with two attached hydrogens (primary N) is 1. The molecule has 11 nitrogen and oxygen atoms in total. The molecule has 0 aliphatic rings. The van der Waals surface area contributed by atoms with Crippen LogP contribution in [0, 0.1) is 11.6 Å². The largest absolute Gasteiger partial charge is 0.467 e. The molecule has 0 saturated heterocycles. The van der Waals surface area contributed by atoms with Crippen molar-refractivity contribution in [2.75, 3.05) is 30.0 Å². The first kappa shape index (κ1) is 35.0. The molecule has 0 radical (unpaired) electrons. The molecule has 0 bridgehead atoms. The second kappa shape index (κ2) is 16.0. The molecule has 0 fully saturated rings. The van der Waals surface area contributed by atoms with Gasteiger partial charge in [0.1, 0.15) is 35.5 Å².